The molecular formula is C12H22FNO. The minimum atomic E-state index is -1.39. The molecule has 3 unspecified atom stereocenters. The predicted molar refractivity (Wildman–Crippen MR) is 59.3 cm³/mol. The van der Waals surface area contributed by atoms with Crippen LogP contribution in [-0.2, 0) is 4.79 Å². The lowest BCUT2D eigenvalue weighted by atomic mass is 9.80. The van der Waals surface area contributed by atoms with Gasteiger partial charge in [-0.25, -0.2) is 4.39 Å². The van der Waals surface area contributed by atoms with E-state index in [4.69, 9.17) is 0 Å². The molecule has 3 heteroatoms. The lowest BCUT2D eigenvalue weighted by Gasteiger charge is -2.27. The van der Waals surface area contributed by atoms with Gasteiger partial charge in [0.2, 0.25) is 0 Å². The third-order valence-electron chi connectivity index (χ3n) is 3.37. The normalized spacial score (nSPS) is 28.9. The molecule has 1 fully saturated rings. The fourth-order valence-corrected chi connectivity index (χ4v) is 2.22. The van der Waals surface area contributed by atoms with Crippen molar-refractivity contribution in [2.75, 3.05) is 0 Å². The number of carbonyl (C=O) groups is 1. The quantitative estimate of drug-likeness (QED) is 0.754. The number of hydrogen-bond acceptors (Lipinski definition) is 1. The van der Waals surface area contributed by atoms with Crippen LogP contribution in [0.2, 0.25) is 0 Å². The van der Waals surface area contributed by atoms with E-state index in [2.05, 4.69) is 26.1 Å². The Hall–Kier alpha value is -0.600. The molecule has 1 N–H and O–H groups in total. The van der Waals surface area contributed by atoms with E-state index in [0.29, 0.717) is 11.3 Å². The van der Waals surface area contributed by atoms with Gasteiger partial charge in [0.1, 0.15) is 0 Å². The Morgan fingerprint density at radius 2 is 2.00 bits per heavy atom. The van der Waals surface area contributed by atoms with Gasteiger partial charge in [0.05, 0.1) is 0 Å². The van der Waals surface area contributed by atoms with Crippen molar-refractivity contribution in [3.8, 4) is 0 Å². The lowest BCUT2D eigenvalue weighted by Crippen LogP contribution is -2.37. The van der Waals surface area contributed by atoms with Crippen molar-refractivity contribution in [1.82, 2.24) is 5.32 Å². The first-order valence-corrected chi connectivity index (χ1v) is 5.75. The van der Waals surface area contributed by atoms with Crippen LogP contribution < -0.4 is 5.32 Å². The van der Waals surface area contributed by atoms with E-state index in [1.807, 2.05) is 0 Å². The van der Waals surface area contributed by atoms with E-state index in [9.17, 15) is 9.18 Å². The van der Waals surface area contributed by atoms with E-state index in [1.54, 1.807) is 0 Å². The highest BCUT2D eigenvalue weighted by molar-refractivity contribution is 5.80. The second-order valence-electron chi connectivity index (χ2n) is 5.70. The highest BCUT2D eigenvalue weighted by Crippen LogP contribution is 2.39. The average Bonchev–Trinajstić information content (AvgIpc) is 2.51. The Balaban J connectivity index is 2.41. The maximum absolute atomic E-state index is 12.7. The number of carbonyl (C=O) groups excluding carboxylic acids is 1. The molecule has 0 heterocycles. The summed E-state index contributed by atoms with van der Waals surface area (Å²) >= 11 is 0. The topological polar surface area (TPSA) is 29.1 Å². The van der Waals surface area contributed by atoms with Crippen LogP contribution in [0.4, 0.5) is 4.39 Å². The summed E-state index contributed by atoms with van der Waals surface area (Å²) < 4.78 is 12.7. The molecule has 0 spiro atoms. The summed E-state index contributed by atoms with van der Waals surface area (Å²) in [5.41, 5.74) is 0.292. The molecule has 1 aliphatic rings. The van der Waals surface area contributed by atoms with Crippen LogP contribution in [0.3, 0.4) is 0 Å². The van der Waals surface area contributed by atoms with Crippen LogP contribution in [0, 0.1) is 11.3 Å². The molecule has 88 valence electrons. The fraction of sp³-hybridized carbons (Fsp3) is 0.917. The Kier molecular flexibility index (Phi) is 3.74. The summed E-state index contributed by atoms with van der Waals surface area (Å²) in [6, 6.07) is 0.180. The van der Waals surface area contributed by atoms with E-state index in [-0.39, 0.29) is 6.04 Å². The number of nitrogens with one attached hydrogen (secondary N) is 1. The van der Waals surface area contributed by atoms with Crippen LogP contribution >= 0.6 is 0 Å². The van der Waals surface area contributed by atoms with E-state index >= 15 is 0 Å². The Morgan fingerprint density at radius 3 is 2.40 bits per heavy atom. The van der Waals surface area contributed by atoms with Crippen molar-refractivity contribution in [3.63, 3.8) is 0 Å². The van der Waals surface area contributed by atoms with Gasteiger partial charge in [0, 0.05) is 6.04 Å². The molecule has 0 saturated heterocycles. The van der Waals surface area contributed by atoms with Crippen molar-refractivity contribution in [3.05, 3.63) is 0 Å². The molecule has 0 radical (unpaired) electrons. The zero-order valence-corrected chi connectivity index (χ0v) is 10.1. The molecule has 1 saturated carbocycles. The Labute approximate surface area is 91.6 Å². The van der Waals surface area contributed by atoms with Gasteiger partial charge in [-0.3, -0.25) is 4.79 Å². The molecule has 0 bridgehead atoms. The molecule has 15 heavy (non-hydrogen) atoms. The van der Waals surface area contributed by atoms with Crippen molar-refractivity contribution in [2.24, 2.45) is 11.3 Å². The van der Waals surface area contributed by atoms with Crippen molar-refractivity contribution >= 4 is 5.91 Å². The maximum atomic E-state index is 12.7. The number of halogens is 1. The molecule has 0 aromatic carbocycles. The third kappa shape index (κ3) is 3.47. The van der Waals surface area contributed by atoms with Gasteiger partial charge in [-0.05, 0) is 37.5 Å². The van der Waals surface area contributed by atoms with Crippen LogP contribution in [-0.4, -0.2) is 18.1 Å². The summed E-state index contributed by atoms with van der Waals surface area (Å²) in [6.45, 7) is 7.95. The van der Waals surface area contributed by atoms with E-state index < -0.39 is 12.1 Å². The van der Waals surface area contributed by atoms with Gasteiger partial charge in [0.15, 0.2) is 6.17 Å². The molecule has 1 aliphatic carbocycles. The first kappa shape index (κ1) is 12.5. The summed E-state index contributed by atoms with van der Waals surface area (Å²) in [4.78, 5) is 11.2. The summed E-state index contributed by atoms with van der Waals surface area (Å²) in [6.07, 6.45) is 1.72. The molecule has 0 aromatic rings. The molecule has 0 aromatic heterocycles. The SMILES string of the molecule is CC(F)C(=O)NC1CCC(C(C)(C)C)C1. The molecule has 1 rings (SSSR count). The average molecular weight is 215 g/mol. The van der Waals surface area contributed by atoms with Crippen LogP contribution in [0.15, 0.2) is 0 Å². The van der Waals surface area contributed by atoms with E-state index in [1.165, 1.54) is 6.92 Å². The number of hydrogen-bond donors (Lipinski definition) is 1. The zero-order valence-electron chi connectivity index (χ0n) is 10.1. The number of rotatable bonds is 2. The van der Waals surface area contributed by atoms with Crippen LogP contribution in [0.25, 0.3) is 0 Å². The predicted octanol–water partition coefficient (Wildman–Crippen LogP) is 2.68. The Bertz CT molecular complexity index is 232. The summed E-state index contributed by atoms with van der Waals surface area (Å²) in [5.74, 6) is 0.173. The van der Waals surface area contributed by atoms with Gasteiger partial charge in [-0.2, -0.15) is 0 Å². The minimum absolute atomic E-state index is 0.180. The minimum Gasteiger partial charge on any atom is -0.351 e. The third-order valence-corrected chi connectivity index (χ3v) is 3.37. The molecule has 2 nitrogen and oxygen atoms in total. The summed E-state index contributed by atoms with van der Waals surface area (Å²) in [7, 11) is 0. The largest absolute Gasteiger partial charge is 0.351 e. The van der Waals surface area contributed by atoms with E-state index in [0.717, 1.165) is 19.3 Å². The van der Waals surface area contributed by atoms with Crippen molar-refractivity contribution in [1.29, 1.82) is 0 Å². The van der Waals surface area contributed by atoms with Gasteiger partial charge in [-0.1, -0.05) is 20.8 Å². The number of alkyl halides is 1. The van der Waals surface area contributed by atoms with Crippen molar-refractivity contribution in [2.45, 2.75) is 59.2 Å². The van der Waals surface area contributed by atoms with Crippen molar-refractivity contribution < 1.29 is 9.18 Å². The highest BCUT2D eigenvalue weighted by atomic mass is 19.1. The summed E-state index contributed by atoms with van der Waals surface area (Å²) in [5, 5.41) is 2.77. The second-order valence-corrected chi connectivity index (χ2v) is 5.70. The van der Waals surface area contributed by atoms with Crippen LogP contribution in [0.1, 0.15) is 47.0 Å². The van der Waals surface area contributed by atoms with Gasteiger partial charge < -0.3 is 5.32 Å². The standard InChI is InChI=1S/C12H22FNO/c1-8(13)11(15)14-10-6-5-9(7-10)12(2,3)4/h8-10H,5-7H2,1-4H3,(H,14,15). The molecule has 0 aliphatic heterocycles. The monoisotopic (exact) mass is 215 g/mol. The first-order valence-electron chi connectivity index (χ1n) is 5.75. The van der Waals surface area contributed by atoms with Gasteiger partial charge in [-0.15, -0.1) is 0 Å². The molecular weight excluding hydrogens is 193 g/mol. The van der Waals surface area contributed by atoms with Gasteiger partial charge in [0.25, 0.3) is 5.91 Å². The Morgan fingerprint density at radius 1 is 1.40 bits per heavy atom. The first-order chi connectivity index (χ1) is 6.80. The molecule has 3 atom stereocenters. The lowest BCUT2D eigenvalue weighted by molar-refractivity contribution is -0.126. The van der Waals surface area contributed by atoms with Crippen LogP contribution in [0.5, 0.6) is 0 Å². The zero-order chi connectivity index (χ0) is 11.6. The second kappa shape index (κ2) is 4.50. The smallest absolute Gasteiger partial charge is 0.254 e. The molecule has 1 amide bonds. The highest BCUT2D eigenvalue weighted by Gasteiger charge is 2.33. The van der Waals surface area contributed by atoms with Gasteiger partial charge >= 0.3 is 0 Å². The number of amides is 1. The maximum Gasteiger partial charge on any atom is 0.254 e. The fourth-order valence-electron chi connectivity index (χ4n) is 2.22.